The third-order valence-electron chi connectivity index (χ3n) is 2.57. The number of anilines is 1. The molecule has 1 aromatic carbocycles. The van der Waals surface area contributed by atoms with E-state index >= 15 is 0 Å². The molecule has 0 bridgehead atoms. The van der Waals surface area contributed by atoms with Gasteiger partial charge in [-0.25, -0.2) is 13.2 Å². The minimum atomic E-state index is -1.59. The van der Waals surface area contributed by atoms with E-state index in [9.17, 15) is 18.0 Å². The van der Waals surface area contributed by atoms with E-state index < -0.39 is 23.4 Å². The first-order chi connectivity index (χ1) is 9.41. The predicted octanol–water partition coefficient (Wildman–Crippen LogP) is 1.58. The summed E-state index contributed by atoms with van der Waals surface area (Å²) in [6.45, 7) is 1.98. The van der Waals surface area contributed by atoms with Gasteiger partial charge in [0.05, 0.1) is 5.69 Å². The molecule has 0 saturated heterocycles. The van der Waals surface area contributed by atoms with Gasteiger partial charge in [-0.15, -0.1) is 0 Å². The van der Waals surface area contributed by atoms with Crippen molar-refractivity contribution < 1.29 is 18.0 Å². The first kappa shape index (κ1) is 16.5. The highest BCUT2D eigenvalue weighted by Crippen LogP contribution is 2.19. The van der Waals surface area contributed by atoms with Crippen LogP contribution in [-0.4, -0.2) is 44.5 Å². The lowest BCUT2D eigenvalue weighted by molar-refractivity contribution is -0.116. The number of rotatable bonds is 7. The normalized spacial score (nSPS) is 10.9. The number of nitrogens with one attached hydrogen (secondary N) is 2. The molecule has 0 radical (unpaired) electrons. The minimum Gasteiger partial charge on any atom is -0.323 e. The number of benzene rings is 1. The molecule has 0 atom stereocenters. The van der Waals surface area contributed by atoms with Crippen LogP contribution in [-0.2, 0) is 4.79 Å². The number of carbonyl (C=O) groups excluding carboxylic acids is 1. The van der Waals surface area contributed by atoms with E-state index in [0.29, 0.717) is 6.54 Å². The summed E-state index contributed by atoms with van der Waals surface area (Å²) in [5.41, 5.74) is -0.359. The van der Waals surface area contributed by atoms with E-state index in [1.807, 2.05) is 19.0 Å². The fourth-order valence-electron chi connectivity index (χ4n) is 1.46. The van der Waals surface area contributed by atoms with Gasteiger partial charge in [-0.3, -0.25) is 4.79 Å². The van der Waals surface area contributed by atoms with E-state index in [-0.39, 0.29) is 12.1 Å². The van der Waals surface area contributed by atoms with Gasteiger partial charge in [0.2, 0.25) is 5.91 Å². The Morgan fingerprint density at radius 3 is 2.50 bits per heavy atom. The fourth-order valence-corrected chi connectivity index (χ4v) is 1.46. The van der Waals surface area contributed by atoms with Crippen LogP contribution in [0.4, 0.5) is 18.9 Å². The van der Waals surface area contributed by atoms with Gasteiger partial charge in [0.15, 0.2) is 17.5 Å². The molecule has 0 aliphatic heterocycles. The Kier molecular flexibility index (Phi) is 6.47. The summed E-state index contributed by atoms with van der Waals surface area (Å²) in [6, 6.07) is 1.76. The molecule has 112 valence electrons. The standard InChI is InChI=1S/C13H18F3N3O/c1-19(2)8-7-17-6-5-11(20)18-10-4-3-9(14)12(15)13(10)16/h3-4,17H,5-8H2,1-2H3,(H,18,20). The zero-order chi connectivity index (χ0) is 15.1. The lowest BCUT2D eigenvalue weighted by Crippen LogP contribution is -2.29. The molecule has 20 heavy (non-hydrogen) atoms. The Balaban J connectivity index is 2.38. The number of carbonyl (C=O) groups is 1. The van der Waals surface area contributed by atoms with Gasteiger partial charge in [-0.2, -0.15) is 0 Å². The third-order valence-corrected chi connectivity index (χ3v) is 2.57. The molecule has 0 heterocycles. The van der Waals surface area contributed by atoms with Crippen molar-refractivity contribution >= 4 is 11.6 Å². The van der Waals surface area contributed by atoms with Gasteiger partial charge in [-0.05, 0) is 26.2 Å². The average Bonchev–Trinajstić information content (AvgIpc) is 2.39. The van der Waals surface area contributed by atoms with Crippen molar-refractivity contribution in [2.75, 3.05) is 39.0 Å². The molecule has 1 aromatic rings. The second-order valence-corrected chi connectivity index (χ2v) is 4.57. The number of amides is 1. The summed E-state index contributed by atoms with van der Waals surface area (Å²) < 4.78 is 39.0. The maximum Gasteiger partial charge on any atom is 0.225 e. The van der Waals surface area contributed by atoms with Crippen LogP contribution in [0.15, 0.2) is 12.1 Å². The average molecular weight is 289 g/mol. The summed E-state index contributed by atoms with van der Waals surface area (Å²) in [5.74, 6) is -4.73. The van der Waals surface area contributed by atoms with E-state index in [1.165, 1.54) is 0 Å². The number of hydrogen-bond donors (Lipinski definition) is 2. The molecule has 0 unspecified atom stereocenters. The maximum absolute atomic E-state index is 13.3. The summed E-state index contributed by atoms with van der Waals surface area (Å²) >= 11 is 0. The van der Waals surface area contributed by atoms with Crippen molar-refractivity contribution in [2.24, 2.45) is 0 Å². The topological polar surface area (TPSA) is 44.4 Å². The molecule has 7 heteroatoms. The molecule has 0 aliphatic carbocycles. The van der Waals surface area contributed by atoms with E-state index in [4.69, 9.17) is 0 Å². The van der Waals surface area contributed by atoms with Crippen LogP contribution in [0, 0.1) is 17.5 Å². The quantitative estimate of drug-likeness (QED) is 0.592. The SMILES string of the molecule is CN(C)CCNCCC(=O)Nc1ccc(F)c(F)c1F. The number of hydrogen-bond acceptors (Lipinski definition) is 3. The molecule has 2 N–H and O–H groups in total. The van der Waals surface area contributed by atoms with Crippen LogP contribution in [0.25, 0.3) is 0 Å². The van der Waals surface area contributed by atoms with Gasteiger partial charge >= 0.3 is 0 Å². The lowest BCUT2D eigenvalue weighted by atomic mass is 10.2. The Morgan fingerprint density at radius 1 is 1.15 bits per heavy atom. The zero-order valence-electron chi connectivity index (χ0n) is 11.5. The highest BCUT2D eigenvalue weighted by atomic mass is 19.2. The van der Waals surface area contributed by atoms with Crippen LogP contribution in [0.2, 0.25) is 0 Å². The van der Waals surface area contributed by atoms with E-state index in [1.54, 1.807) is 0 Å². The Hall–Kier alpha value is -1.60. The second kappa shape index (κ2) is 7.86. The summed E-state index contributed by atoms with van der Waals surface area (Å²) in [6.07, 6.45) is 0.117. The smallest absolute Gasteiger partial charge is 0.225 e. The maximum atomic E-state index is 13.3. The van der Waals surface area contributed by atoms with Crippen molar-refractivity contribution in [2.45, 2.75) is 6.42 Å². The monoisotopic (exact) mass is 289 g/mol. The molecule has 0 spiro atoms. The molecular formula is C13H18F3N3O. The van der Waals surface area contributed by atoms with Crippen molar-refractivity contribution in [3.05, 3.63) is 29.6 Å². The summed E-state index contributed by atoms with van der Waals surface area (Å²) in [5, 5.41) is 5.25. The molecule has 0 aliphatic rings. The summed E-state index contributed by atoms with van der Waals surface area (Å²) in [7, 11) is 3.86. The molecule has 0 saturated carbocycles. The van der Waals surface area contributed by atoms with Crippen LogP contribution in [0.5, 0.6) is 0 Å². The van der Waals surface area contributed by atoms with Gasteiger partial charge in [-0.1, -0.05) is 0 Å². The molecule has 0 fully saturated rings. The van der Waals surface area contributed by atoms with Crippen LogP contribution in [0.1, 0.15) is 6.42 Å². The van der Waals surface area contributed by atoms with E-state index in [0.717, 1.165) is 25.2 Å². The molecule has 4 nitrogen and oxygen atoms in total. The Morgan fingerprint density at radius 2 is 1.85 bits per heavy atom. The largest absolute Gasteiger partial charge is 0.323 e. The lowest BCUT2D eigenvalue weighted by Gasteiger charge is -2.10. The zero-order valence-corrected chi connectivity index (χ0v) is 11.5. The summed E-state index contributed by atoms with van der Waals surface area (Å²) in [4.78, 5) is 13.5. The van der Waals surface area contributed by atoms with Crippen molar-refractivity contribution in [3.63, 3.8) is 0 Å². The predicted molar refractivity (Wildman–Crippen MR) is 71.0 cm³/mol. The first-order valence-electron chi connectivity index (χ1n) is 6.20. The molecule has 0 aromatic heterocycles. The molecule has 1 rings (SSSR count). The van der Waals surface area contributed by atoms with Crippen LogP contribution in [0.3, 0.4) is 0 Å². The van der Waals surface area contributed by atoms with Gasteiger partial charge in [0, 0.05) is 26.1 Å². The second-order valence-electron chi connectivity index (χ2n) is 4.57. The minimum absolute atomic E-state index is 0.117. The van der Waals surface area contributed by atoms with Gasteiger partial charge in [0.1, 0.15) is 0 Å². The van der Waals surface area contributed by atoms with Gasteiger partial charge in [0.25, 0.3) is 0 Å². The number of nitrogens with zero attached hydrogens (tertiary/aromatic N) is 1. The highest BCUT2D eigenvalue weighted by Gasteiger charge is 2.14. The highest BCUT2D eigenvalue weighted by molar-refractivity contribution is 5.90. The van der Waals surface area contributed by atoms with Gasteiger partial charge < -0.3 is 15.5 Å². The fraction of sp³-hybridized carbons (Fsp3) is 0.462. The van der Waals surface area contributed by atoms with Crippen molar-refractivity contribution in [1.29, 1.82) is 0 Å². The van der Waals surface area contributed by atoms with Crippen molar-refractivity contribution in [1.82, 2.24) is 10.2 Å². The first-order valence-corrected chi connectivity index (χ1v) is 6.20. The third kappa shape index (κ3) is 5.18. The molecule has 1 amide bonds. The van der Waals surface area contributed by atoms with E-state index in [2.05, 4.69) is 10.6 Å². The number of likely N-dealkylation sites (N-methyl/N-ethyl adjacent to an activating group) is 1. The Bertz CT molecular complexity index is 466. The van der Waals surface area contributed by atoms with Crippen molar-refractivity contribution in [3.8, 4) is 0 Å². The number of halogens is 3. The molecular weight excluding hydrogens is 271 g/mol. The Labute approximate surface area is 116 Å². The van der Waals surface area contributed by atoms with Crippen LogP contribution >= 0.6 is 0 Å². The van der Waals surface area contributed by atoms with Crippen LogP contribution < -0.4 is 10.6 Å².